The van der Waals surface area contributed by atoms with Gasteiger partial charge in [-0.3, -0.25) is 4.79 Å². The van der Waals surface area contributed by atoms with Gasteiger partial charge < -0.3 is 9.47 Å². The summed E-state index contributed by atoms with van der Waals surface area (Å²) in [4.78, 5) is 11.7. The van der Waals surface area contributed by atoms with Crippen LogP contribution >= 0.6 is 0 Å². The SMILES string of the molecule is COc1cc(C(C)=O)c2c(c1)[C@H](C)C(C)(C)O2. The van der Waals surface area contributed by atoms with Crippen LogP contribution in [0.4, 0.5) is 0 Å². The van der Waals surface area contributed by atoms with Crippen LogP contribution in [0.5, 0.6) is 11.5 Å². The minimum Gasteiger partial charge on any atom is -0.497 e. The second-order valence-corrected chi connectivity index (χ2v) is 5.08. The third kappa shape index (κ3) is 1.79. The highest BCUT2D eigenvalue weighted by atomic mass is 16.5. The average molecular weight is 234 g/mol. The molecule has 3 nitrogen and oxygen atoms in total. The van der Waals surface area contributed by atoms with Gasteiger partial charge in [-0.05, 0) is 32.9 Å². The second-order valence-electron chi connectivity index (χ2n) is 5.08. The molecule has 17 heavy (non-hydrogen) atoms. The molecule has 1 aliphatic heterocycles. The Morgan fingerprint density at radius 1 is 1.41 bits per heavy atom. The molecule has 2 rings (SSSR count). The Balaban J connectivity index is 2.64. The Labute approximate surface area is 102 Å². The van der Waals surface area contributed by atoms with Gasteiger partial charge in [-0.1, -0.05) is 6.92 Å². The predicted molar refractivity (Wildman–Crippen MR) is 66.1 cm³/mol. The first kappa shape index (κ1) is 12.0. The van der Waals surface area contributed by atoms with Crippen LogP contribution in [0.1, 0.15) is 49.5 Å². The standard InChI is InChI=1S/C14H18O3/c1-8-11-6-10(16-5)7-12(9(2)15)13(11)17-14(8,3)4/h6-8H,1-5H3/t8-/m0/s1. The molecule has 0 bridgehead atoms. The van der Waals surface area contributed by atoms with Crippen LogP contribution in [0, 0.1) is 0 Å². The summed E-state index contributed by atoms with van der Waals surface area (Å²) in [5.74, 6) is 1.67. The van der Waals surface area contributed by atoms with E-state index in [9.17, 15) is 4.79 Å². The van der Waals surface area contributed by atoms with Gasteiger partial charge in [0.15, 0.2) is 5.78 Å². The topological polar surface area (TPSA) is 35.5 Å². The molecule has 0 fully saturated rings. The average Bonchev–Trinajstić information content (AvgIpc) is 2.49. The Hall–Kier alpha value is -1.51. The lowest BCUT2D eigenvalue weighted by Crippen LogP contribution is -2.28. The molecule has 1 aromatic rings. The summed E-state index contributed by atoms with van der Waals surface area (Å²) < 4.78 is 11.2. The van der Waals surface area contributed by atoms with Crippen LogP contribution in [0.15, 0.2) is 12.1 Å². The van der Waals surface area contributed by atoms with Crippen molar-refractivity contribution in [2.75, 3.05) is 7.11 Å². The number of carbonyl (C=O) groups is 1. The number of Topliss-reactive ketones (excluding diaryl/α,β-unsaturated/α-hetero) is 1. The fraction of sp³-hybridized carbons (Fsp3) is 0.500. The van der Waals surface area contributed by atoms with Crippen molar-refractivity contribution in [1.29, 1.82) is 0 Å². The largest absolute Gasteiger partial charge is 0.497 e. The van der Waals surface area contributed by atoms with Crippen molar-refractivity contribution in [1.82, 2.24) is 0 Å². The number of hydrogen-bond donors (Lipinski definition) is 0. The van der Waals surface area contributed by atoms with Crippen molar-refractivity contribution >= 4 is 5.78 Å². The molecule has 0 saturated heterocycles. The number of fused-ring (bicyclic) bond motifs is 1. The Morgan fingerprint density at radius 2 is 2.06 bits per heavy atom. The van der Waals surface area contributed by atoms with Gasteiger partial charge in [0.05, 0.1) is 12.7 Å². The van der Waals surface area contributed by atoms with E-state index in [2.05, 4.69) is 6.92 Å². The van der Waals surface area contributed by atoms with E-state index < -0.39 is 0 Å². The summed E-state index contributed by atoms with van der Waals surface area (Å²) in [6.07, 6.45) is 0. The summed E-state index contributed by atoms with van der Waals surface area (Å²) in [6.45, 7) is 7.73. The predicted octanol–water partition coefficient (Wildman–Crippen LogP) is 3.17. The highest BCUT2D eigenvalue weighted by molar-refractivity contribution is 5.98. The van der Waals surface area contributed by atoms with E-state index in [1.807, 2.05) is 19.9 Å². The first-order valence-corrected chi connectivity index (χ1v) is 5.78. The summed E-state index contributed by atoms with van der Waals surface area (Å²) in [7, 11) is 1.61. The van der Waals surface area contributed by atoms with E-state index in [0.717, 1.165) is 11.3 Å². The second kappa shape index (κ2) is 3.76. The molecule has 0 radical (unpaired) electrons. The molecular formula is C14H18O3. The zero-order valence-electron chi connectivity index (χ0n) is 11.0. The summed E-state index contributed by atoms with van der Waals surface area (Å²) >= 11 is 0. The maximum Gasteiger partial charge on any atom is 0.163 e. The first-order valence-electron chi connectivity index (χ1n) is 5.78. The van der Waals surface area contributed by atoms with Crippen LogP contribution in [0.3, 0.4) is 0 Å². The van der Waals surface area contributed by atoms with Gasteiger partial charge in [0.1, 0.15) is 17.1 Å². The first-order chi connectivity index (χ1) is 7.86. The van der Waals surface area contributed by atoms with Gasteiger partial charge in [-0.2, -0.15) is 0 Å². The number of ketones is 1. The van der Waals surface area contributed by atoms with E-state index in [0.29, 0.717) is 11.3 Å². The van der Waals surface area contributed by atoms with Crippen LogP contribution in [-0.4, -0.2) is 18.5 Å². The quantitative estimate of drug-likeness (QED) is 0.737. The number of ether oxygens (including phenoxy) is 2. The maximum atomic E-state index is 11.7. The van der Waals surface area contributed by atoms with E-state index in [1.54, 1.807) is 20.1 Å². The Kier molecular flexibility index (Phi) is 2.64. The minimum atomic E-state index is -0.279. The van der Waals surface area contributed by atoms with Crippen LogP contribution in [0.25, 0.3) is 0 Å². The van der Waals surface area contributed by atoms with Gasteiger partial charge in [0.25, 0.3) is 0 Å². The zero-order chi connectivity index (χ0) is 12.8. The van der Waals surface area contributed by atoms with E-state index in [1.165, 1.54) is 0 Å². The number of carbonyl (C=O) groups excluding carboxylic acids is 1. The van der Waals surface area contributed by atoms with E-state index in [-0.39, 0.29) is 17.3 Å². The zero-order valence-corrected chi connectivity index (χ0v) is 11.0. The molecule has 1 aliphatic rings. The van der Waals surface area contributed by atoms with Gasteiger partial charge in [-0.25, -0.2) is 0 Å². The fourth-order valence-electron chi connectivity index (χ4n) is 2.16. The van der Waals surface area contributed by atoms with Crippen molar-refractivity contribution in [2.45, 2.75) is 39.2 Å². The molecule has 1 aromatic carbocycles. The highest BCUT2D eigenvalue weighted by Gasteiger charge is 2.40. The fourth-order valence-corrected chi connectivity index (χ4v) is 2.16. The number of methoxy groups -OCH3 is 1. The maximum absolute atomic E-state index is 11.7. The minimum absolute atomic E-state index is 0.00468. The van der Waals surface area contributed by atoms with Crippen LogP contribution in [-0.2, 0) is 0 Å². The molecule has 0 amide bonds. The Bertz CT molecular complexity index is 475. The van der Waals surface area contributed by atoms with Crippen LogP contribution in [0.2, 0.25) is 0 Å². The summed E-state index contributed by atoms with van der Waals surface area (Å²) in [5, 5.41) is 0. The smallest absolute Gasteiger partial charge is 0.163 e. The summed E-state index contributed by atoms with van der Waals surface area (Å²) in [6, 6.07) is 3.70. The molecule has 3 heteroatoms. The van der Waals surface area contributed by atoms with Crippen molar-refractivity contribution in [2.24, 2.45) is 0 Å². The molecule has 92 valence electrons. The third-order valence-corrected chi connectivity index (χ3v) is 3.58. The van der Waals surface area contributed by atoms with Crippen molar-refractivity contribution < 1.29 is 14.3 Å². The number of rotatable bonds is 2. The van der Waals surface area contributed by atoms with Gasteiger partial charge in [0.2, 0.25) is 0 Å². The van der Waals surface area contributed by atoms with E-state index in [4.69, 9.17) is 9.47 Å². The monoisotopic (exact) mass is 234 g/mol. The van der Waals surface area contributed by atoms with Crippen molar-refractivity contribution in [3.63, 3.8) is 0 Å². The highest BCUT2D eigenvalue weighted by Crippen LogP contribution is 2.47. The lowest BCUT2D eigenvalue weighted by atomic mass is 9.88. The lowest BCUT2D eigenvalue weighted by molar-refractivity contribution is 0.0982. The molecule has 0 N–H and O–H groups in total. The number of hydrogen-bond acceptors (Lipinski definition) is 3. The van der Waals surface area contributed by atoms with Crippen molar-refractivity contribution in [3.05, 3.63) is 23.3 Å². The molecule has 0 saturated carbocycles. The Morgan fingerprint density at radius 3 is 2.59 bits per heavy atom. The van der Waals surface area contributed by atoms with Gasteiger partial charge >= 0.3 is 0 Å². The lowest BCUT2D eigenvalue weighted by Gasteiger charge is -2.23. The molecule has 0 aromatic heterocycles. The summed E-state index contributed by atoms with van der Waals surface area (Å²) in [5.41, 5.74) is 1.38. The molecule has 1 atom stereocenters. The van der Waals surface area contributed by atoms with Crippen molar-refractivity contribution in [3.8, 4) is 11.5 Å². The molecule has 0 unspecified atom stereocenters. The number of benzene rings is 1. The molecule has 0 spiro atoms. The normalized spacial score (nSPS) is 20.6. The van der Waals surface area contributed by atoms with Gasteiger partial charge in [-0.15, -0.1) is 0 Å². The molecular weight excluding hydrogens is 216 g/mol. The third-order valence-electron chi connectivity index (χ3n) is 3.58. The van der Waals surface area contributed by atoms with Crippen LogP contribution < -0.4 is 9.47 Å². The van der Waals surface area contributed by atoms with Gasteiger partial charge in [0, 0.05) is 11.5 Å². The molecule has 0 aliphatic carbocycles. The van der Waals surface area contributed by atoms with E-state index >= 15 is 0 Å². The molecule has 1 heterocycles.